The largest absolute Gasteiger partial charge is 0.354 e. The van der Waals surface area contributed by atoms with Gasteiger partial charge in [-0.15, -0.1) is 0 Å². The SMILES string of the molecule is CC(C)CNC(=O)C(C)N1CCC(Br)C1=O. The zero-order valence-electron chi connectivity index (χ0n) is 10.00. The van der Waals surface area contributed by atoms with Gasteiger partial charge in [-0.1, -0.05) is 29.8 Å². The van der Waals surface area contributed by atoms with Crippen LogP contribution in [-0.4, -0.2) is 40.7 Å². The first kappa shape index (κ1) is 13.5. The van der Waals surface area contributed by atoms with E-state index < -0.39 is 0 Å². The lowest BCUT2D eigenvalue weighted by Crippen LogP contribution is -2.47. The maximum absolute atomic E-state index is 11.8. The van der Waals surface area contributed by atoms with Crippen LogP contribution in [0.3, 0.4) is 0 Å². The Labute approximate surface area is 105 Å². The van der Waals surface area contributed by atoms with Gasteiger partial charge in [0.2, 0.25) is 11.8 Å². The fourth-order valence-corrected chi connectivity index (χ4v) is 2.11. The molecule has 1 aliphatic heterocycles. The first-order valence-electron chi connectivity index (χ1n) is 5.65. The third kappa shape index (κ3) is 3.20. The molecule has 1 fully saturated rings. The lowest BCUT2D eigenvalue weighted by Gasteiger charge is -2.23. The Kier molecular flexibility index (Phi) is 4.77. The van der Waals surface area contributed by atoms with Crippen molar-refractivity contribution in [1.82, 2.24) is 10.2 Å². The van der Waals surface area contributed by atoms with Gasteiger partial charge >= 0.3 is 0 Å². The van der Waals surface area contributed by atoms with E-state index >= 15 is 0 Å². The van der Waals surface area contributed by atoms with E-state index in [2.05, 4.69) is 21.2 Å². The molecule has 2 atom stereocenters. The number of halogens is 1. The minimum atomic E-state index is -0.367. The van der Waals surface area contributed by atoms with Gasteiger partial charge in [0.05, 0.1) is 4.83 Å². The average molecular weight is 291 g/mol. The van der Waals surface area contributed by atoms with Gasteiger partial charge < -0.3 is 10.2 Å². The van der Waals surface area contributed by atoms with Crippen molar-refractivity contribution in [3.63, 3.8) is 0 Å². The number of carbonyl (C=O) groups is 2. The minimum Gasteiger partial charge on any atom is -0.354 e. The Morgan fingerprint density at radius 1 is 1.56 bits per heavy atom. The lowest BCUT2D eigenvalue weighted by molar-refractivity contribution is -0.136. The third-order valence-electron chi connectivity index (χ3n) is 2.71. The number of nitrogens with zero attached hydrogens (tertiary/aromatic N) is 1. The zero-order chi connectivity index (χ0) is 12.3. The van der Waals surface area contributed by atoms with Crippen LogP contribution >= 0.6 is 15.9 Å². The molecule has 1 heterocycles. The molecule has 0 spiro atoms. The molecule has 4 nitrogen and oxygen atoms in total. The number of likely N-dealkylation sites (tertiary alicyclic amines) is 1. The Balaban J connectivity index is 2.48. The Bertz CT molecular complexity index is 281. The molecule has 1 saturated heterocycles. The number of hydrogen-bond acceptors (Lipinski definition) is 2. The highest BCUT2D eigenvalue weighted by Crippen LogP contribution is 2.20. The summed E-state index contributed by atoms with van der Waals surface area (Å²) in [7, 11) is 0. The minimum absolute atomic E-state index is 0.0206. The number of alkyl halides is 1. The molecule has 0 aromatic rings. The van der Waals surface area contributed by atoms with Gasteiger partial charge in [-0.3, -0.25) is 9.59 Å². The number of amides is 2. The first-order valence-corrected chi connectivity index (χ1v) is 6.57. The van der Waals surface area contributed by atoms with E-state index in [4.69, 9.17) is 0 Å². The van der Waals surface area contributed by atoms with Crippen molar-refractivity contribution in [2.24, 2.45) is 5.92 Å². The molecule has 1 rings (SSSR count). The summed E-state index contributed by atoms with van der Waals surface area (Å²) in [6.45, 7) is 7.17. The van der Waals surface area contributed by atoms with E-state index in [1.54, 1.807) is 11.8 Å². The van der Waals surface area contributed by atoms with Crippen LogP contribution in [0, 0.1) is 5.92 Å². The molecule has 5 heteroatoms. The van der Waals surface area contributed by atoms with E-state index in [1.807, 2.05) is 13.8 Å². The maximum Gasteiger partial charge on any atom is 0.242 e. The van der Waals surface area contributed by atoms with Gasteiger partial charge in [-0.2, -0.15) is 0 Å². The van der Waals surface area contributed by atoms with Crippen LogP contribution in [-0.2, 0) is 9.59 Å². The fourth-order valence-electron chi connectivity index (χ4n) is 1.64. The van der Waals surface area contributed by atoms with Crippen molar-refractivity contribution >= 4 is 27.7 Å². The van der Waals surface area contributed by atoms with Crippen LogP contribution in [0.5, 0.6) is 0 Å². The molecule has 0 aromatic carbocycles. The van der Waals surface area contributed by atoms with Gasteiger partial charge in [0, 0.05) is 13.1 Å². The second-order valence-electron chi connectivity index (χ2n) is 4.60. The highest BCUT2D eigenvalue weighted by atomic mass is 79.9. The molecule has 0 aliphatic carbocycles. The maximum atomic E-state index is 11.8. The monoisotopic (exact) mass is 290 g/mol. The van der Waals surface area contributed by atoms with Gasteiger partial charge in [0.15, 0.2) is 0 Å². The third-order valence-corrected chi connectivity index (χ3v) is 3.56. The summed E-state index contributed by atoms with van der Waals surface area (Å²) in [4.78, 5) is 25.0. The summed E-state index contributed by atoms with van der Waals surface area (Å²) in [5, 5.41) is 2.85. The van der Waals surface area contributed by atoms with E-state index in [9.17, 15) is 9.59 Å². The molecular formula is C11H19BrN2O2. The summed E-state index contributed by atoms with van der Waals surface area (Å²) in [6, 6.07) is -0.367. The quantitative estimate of drug-likeness (QED) is 0.790. The van der Waals surface area contributed by atoms with Crippen molar-refractivity contribution in [3.05, 3.63) is 0 Å². The molecule has 2 unspecified atom stereocenters. The Morgan fingerprint density at radius 3 is 2.62 bits per heavy atom. The van der Waals surface area contributed by atoms with Gasteiger partial charge in [0.25, 0.3) is 0 Å². The molecule has 0 bridgehead atoms. The van der Waals surface area contributed by atoms with Crippen LogP contribution in [0.2, 0.25) is 0 Å². The molecule has 16 heavy (non-hydrogen) atoms. The Morgan fingerprint density at radius 2 is 2.19 bits per heavy atom. The van der Waals surface area contributed by atoms with Gasteiger partial charge in [0.1, 0.15) is 6.04 Å². The van der Waals surface area contributed by atoms with Crippen molar-refractivity contribution in [2.75, 3.05) is 13.1 Å². The van der Waals surface area contributed by atoms with Gasteiger partial charge in [-0.25, -0.2) is 0 Å². The van der Waals surface area contributed by atoms with Crippen molar-refractivity contribution < 1.29 is 9.59 Å². The molecule has 92 valence electrons. The van der Waals surface area contributed by atoms with Crippen LogP contribution in [0.25, 0.3) is 0 Å². The number of hydrogen-bond donors (Lipinski definition) is 1. The summed E-state index contributed by atoms with van der Waals surface area (Å²) in [6.07, 6.45) is 0.778. The normalized spacial score (nSPS) is 22.7. The highest BCUT2D eigenvalue weighted by molar-refractivity contribution is 9.10. The fraction of sp³-hybridized carbons (Fsp3) is 0.818. The van der Waals surface area contributed by atoms with Gasteiger partial charge in [-0.05, 0) is 19.3 Å². The standard InChI is InChI=1S/C11H19BrN2O2/c1-7(2)6-13-10(15)8(3)14-5-4-9(12)11(14)16/h7-9H,4-6H2,1-3H3,(H,13,15). The summed E-state index contributed by atoms with van der Waals surface area (Å²) >= 11 is 3.30. The summed E-state index contributed by atoms with van der Waals surface area (Å²) in [5.41, 5.74) is 0. The second-order valence-corrected chi connectivity index (χ2v) is 5.71. The smallest absolute Gasteiger partial charge is 0.242 e. The highest BCUT2D eigenvalue weighted by Gasteiger charge is 2.35. The summed E-state index contributed by atoms with van der Waals surface area (Å²) in [5.74, 6) is 0.380. The molecular weight excluding hydrogens is 272 g/mol. The lowest BCUT2D eigenvalue weighted by atomic mass is 10.2. The van der Waals surface area contributed by atoms with E-state index in [1.165, 1.54) is 0 Å². The number of nitrogens with one attached hydrogen (secondary N) is 1. The van der Waals surface area contributed by atoms with Crippen LogP contribution in [0.15, 0.2) is 0 Å². The molecule has 1 N–H and O–H groups in total. The van der Waals surface area contributed by atoms with E-state index in [0.717, 1.165) is 6.42 Å². The van der Waals surface area contributed by atoms with Crippen molar-refractivity contribution in [1.29, 1.82) is 0 Å². The molecule has 1 aliphatic rings. The predicted molar refractivity (Wildman–Crippen MR) is 66.4 cm³/mol. The average Bonchev–Trinajstić information content (AvgIpc) is 2.55. The zero-order valence-corrected chi connectivity index (χ0v) is 11.6. The molecule has 0 radical (unpaired) electrons. The van der Waals surface area contributed by atoms with Crippen molar-refractivity contribution in [3.8, 4) is 0 Å². The number of rotatable bonds is 4. The Hall–Kier alpha value is -0.580. The first-order chi connectivity index (χ1) is 7.43. The topological polar surface area (TPSA) is 49.4 Å². The van der Waals surface area contributed by atoms with Crippen LogP contribution in [0.1, 0.15) is 27.2 Å². The van der Waals surface area contributed by atoms with Crippen molar-refractivity contribution in [2.45, 2.75) is 38.1 Å². The molecule has 0 saturated carbocycles. The number of carbonyl (C=O) groups excluding carboxylic acids is 2. The van der Waals surface area contributed by atoms with E-state index in [-0.39, 0.29) is 22.7 Å². The molecule has 0 aromatic heterocycles. The van der Waals surface area contributed by atoms with Crippen LogP contribution < -0.4 is 5.32 Å². The summed E-state index contributed by atoms with van der Waals surface area (Å²) < 4.78 is 0. The molecule has 2 amide bonds. The van der Waals surface area contributed by atoms with Crippen LogP contribution in [0.4, 0.5) is 0 Å². The predicted octanol–water partition coefficient (Wildman–Crippen LogP) is 1.14. The van der Waals surface area contributed by atoms with E-state index in [0.29, 0.717) is 19.0 Å². The second kappa shape index (κ2) is 5.66.